The van der Waals surface area contributed by atoms with E-state index in [1.54, 1.807) is 6.92 Å². The lowest BCUT2D eigenvalue weighted by Gasteiger charge is -1.91. The number of rotatable bonds is 1. The topological polar surface area (TPSA) is 26.0 Å². The zero-order valence-corrected chi connectivity index (χ0v) is 4.59. The molecular formula is C4H12ClN. The van der Waals surface area contributed by atoms with Gasteiger partial charge in [0.1, 0.15) is 0 Å². The lowest BCUT2D eigenvalue weighted by Crippen LogP contribution is -2.05. The molecule has 0 aliphatic rings. The summed E-state index contributed by atoms with van der Waals surface area (Å²) >= 11 is 0. The van der Waals surface area contributed by atoms with E-state index in [4.69, 9.17) is 9.85 Å². The van der Waals surface area contributed by atoms with Crippen molar-refractivity contribution < 1.29 is 4.11 Å². The average Bonchev–Trinajstić information content (AvgIpc) is 1.62. The van der Waals surface area contributed by atoms with E-state index in [0.29, 0.717) is 0 Å². The smallest absolute Gasteiger partial charge is 0.0234 e. The number of hydrogen-bond donors (Lipinski definition) is 1. The van der Waals surface area contributed by atoms with Crippen LogP contribution in [0.2, 0.25) is 0 Å². The van der Waals surface area contributed by atoms with Gasteiger partial charge in [0.25, 0.3) is 0 Å². The van der Waals surface area contributed by atoms with Crippen LogP contribution in [0.15, 0.2) is 0 Å². The second kappa shape index (κ2) is 5.25. The molecular weight excluding hydrogens is 97.5 g/mol. The van der Waals surface area contributed by atoms with Crippen LogP contribution in [0.4, 0.5) is 0 Å². The zero-order chi connectivity index (χ0) is 6.78. The van der Waals surface area contributed by atoms with Gasteiger partial charge in [-0.25, -0.2) is 0 Å². The van der Waals surface area contributed by atoms with Crippen molar-refractivity contribution in [3.63, 3.8) is 0 Å². The molecule has 0 radical (unpaired) electrons. The number of halogens is 1. The fraction of sp³-hybridized carbons (Fsp3) is 1.00. The molecule has 1 atom stereocenters. The Labute approximate surface area is 49.5 Å². The molecule has 0 fully saturated rings. The fourth-order valence-corrected chi connectivity index (χ4v) is 0. The van der Waals surface area contributed by atoms with Gasteiger partial charge in [-0.3, -0.25) is 0 Å². The molecule has 0 aromatic carbocycles. The Kier molecular flexibility index (Phi) is 2.87. The molecule has 0 bridgehead atoms. The highest BCUT2D eigenvalue weighted by molar-refractivity contribution is 5.85. The lowest BCUT2D eigenvalue weighted by molar-refractivity contribution is 0.664. The van der Waals surface area contributed by atoms with Gasteiger partial charge in [-0.2, -0.15) is 0 Å². The van der Waals surface area contributed by atoms with Crippen molar-refractivity contribution in [2.45, 2.75) is 13.8 Å². The number of hydrogen-bond acceptors (Lipinski definition) is 1. The van der Waals surface area contributed by atoms with E-state index in [1.807, 2.05) is 0 Å². The minimum Gasteiger partial charge on any atom is -0.330 e. The van der Waals surface area contributed by atoms with Crippen molar-refractivity contribution in [2.24, 2.45) is 11.7 Å². The molecule has 1 nitrogen and oxygen atoms in total. The van der Waals surface area contributed by atoms with E-state index in [-0.39, 0.29) is 24.9 Å². The molecule has 6 heavy (non-hydrogen) atoms. The maximum absolute atomic E-state index is 6.79. The first-order valence-electron chi connectivity index (χ1n) is 3.18. The van der Waals surface area contributed by atoms with E-state index in [1.165, 1.54) is 0 Å². The molecule has 0 aromatic heterocycles. The third-order valence-corrected chi connectivity index (χ3v) is 0.354. The first-order valence-corrected chi connectivity index (χ1v) is 1.68. The quantitative estimate of drug-likeness (QED) is 0.539. The summed E-state index contributed by atoms with van der Waals surface area (Å²) in [6.07, 6.45) is 0. The molecule has 0 rings (SSSR count). The van der Waals surface area contributed by atoms with Crippen LogP contribution >= 0.6 is 12.4 Å². The fourth-order valence-electron chi connectivity index (χ4n) is 0. The van der Waals surface area contributed by atoms with Crippen LogP contribution < -0.4 is 5.73 Å². The molecule has 0 saturated heterocycles. The Hall–Kier alpha value is 0.250. The van der Waals surface area contributed by atoms with Crippen LogP contribution in [0.5, 0.6) is 0 Å². The van der Waals surface area contributed by atoms with Crippen molar-refractivity contribution >= 4 is 12.4 Å². The first-order chi connectivity index (χ1) is 3.48. The van der Waals surface area contributed by atoms with Gasteiger partial charge in [0.2, 0.25) is 0 Å². The summed E-state index contributed by atoms with van der Waals surface area (Å²) in [5.74, 6) is -0.373. The second-order valence-corrected chi connectivity index (χ2v) is 1.14. The normalized spacial score (nSPS) is 22.0. The number of nitrogens with two attached hydrogens (primary N) is 1. The molecule has 0 aliphatic heterocycles. The zero-order valence-electron chi connectivity index (χ0n) is 6.77. The maximum Gasteiger partial charge on any atom is 0.0234 e. The molecule has 2 heteroatoms. The van der Waals surface area contributed by atoms with Crippen LogP contribution in [-0.2, 0) is 0 Å². The first kappa shape index (κ1) is 3.28. The summed E-state index contributed by atoms with van der Waals surface area (Å²) in [4.78, 5) is 0. The Bertz CT molecular complexity index is 72.7. The third kappa shape index (κ3) is 8.87. The highest BCUT2D eigenvalue weighted by atomic mass is 35.5. The van der Waals surface area contributed by atoms with Crippen LogP contribution in [0.1, 0.15) is 17.9 Å². The summed E-state index contributed by atoms with van der Waals surface area (Å²) in [6.45, 7) is -0.0156. The molecule has 0 heterocycles. The monoisotopic (exact) mass is 112 g/mol. The van der Waals surface area contributed by atoms with Crippen LogP contribution in [0.3, 0.4) is 0 Å². The average molecular weight is 113 g/mol. The predicted octanol–water partition coefficient (Wildman–Crippen LogP) is 1.02. The molecule has 0 aliphatic carbocycles. The van der Waals surface area contributed by atoms with E-state index >= 15 is 0 Å². The van der Waals surface area contributed by atoms with E-state index in [2.05, 4.69) is 0 Å². The summed E-state index contributed by atoms with van der Waals surface area (Å²) < 4.78 is 20.4. The SMILES string of the molecule is Cl.[2H]C([2H])([2H])C(C)CN. The Balaban J connectivity index is 0. The molecule has 0 saturated carbocycles. The molecule has 2 N–H and O–H groups in total. The maximum atomic E-state index is 6.79. The summed E-state index contributed by atoms with van der Waals surface area (Å²) in [7, 11) is 0. The van der Waals surface area contributed by atoms with Gasteiger partial charge >= 0.3 is 0 Å². The minimum absolute atomic E-state index is 0. The van der Waals surface area contributed by atoms with Gasteiger partial charge in [0.15, 0.2) is 0 Å². The van der Waals surface area contributed by atoms with Gasteiger partial charge in [-0.15, -0.1) is 12.4 Å². The van der Waals surface area contributed by atoms with Crippen LogP contribution in [0, 0.1) is 5.92 Å². The highest BCUT2D eigenvalue weighted by Crippen LogP contribution is 1.81. The summed E-state index contributed by atoms with van der Waals surface area (Å²) in [5, 5.41) is 0. The Morgan fingerprint density at radius 2 is 2.50 bits per heavy atom. The molecule has 0 spiro atoms. The van der Waals surface area contributed by atoms with Crippen molar-refractivity contribution in [1.82, 2.24) is 0 Å². The lowest BCUT2D eigenvalue weighted by atomic mass is 10.2. The van der Waals surface area contributed by atoms with E-state index in [9.17, 15) is 0 Å². The Morgan fingerprint density at radius 3 is 2.50 bits per heavy atom. The third-order valence-electron chi connectivity index (χ3n) is 0.354. The largest absolute Gasteiger partial charge is 0.330 e. The van der Waals surface area contributed by atoms with E-state index in [0.717, 1.165) is 0 Å². The van der Waals surface area contributed by atoms with Gasteiger partial charge in [-0.1, -0.05) is 13.8 Å². The minimum atomic E-state index is -1.87. The van der Waals surface area contributed by atoms with Gasteiger partial charge in [0.05, 0.1) is 0 Å². The van der Waals surface area contributed by atoms with Crippen molar-refractivity contribution in [3.05, 3.63) is 0 Å². The molecule has 0 aromatic rings. The standard InChI is InChI=1S/C4H11N.ClH/c1-4(2)3-5;/h4H,3,5H2,1-2H3;1H/i1D3;. The van der Waals surface area contributed by atoms with Crippen molar-refractivity contribution in [1.29, 1.82) is 0 Å². The van der Waals surface area contributed by atoms with Gasteiger partial charge in [0, 0.05) is 4.11 Å². The summed E-state index contributed by atoms with van der Waals surface area (Å²) in [5.41, 5.74) is 5.10. The van der Waals surface area contributed by atoms with Gasteiger partial charge < -0.3 is 5.73 Å². The molecule has 1 unspecified atom stereocenters. The van der Waals surface area contributed by atoms with Crippen molar-refractivity contribution in [2.75, 3.05) is 6.54 Å². The highest BCUT2D eigenvalue weighted by Gasteiger charge is 1.80. The second-order valence-electron chi connectivity index (χ2n) is 1.14. The predicted molar refractivity (Wildman–Crippen MR) is 31.1 cm³/mol. The van der Waals surface area contributed by atoms with Gasteiger partial charge in [-0.05, 0) is 12.5 Å². The molecule has 40 valence electrons. The van der Waals surface area contributed by atoms with Crippen LogP contribution in [-0.4, -0.2) is 6.54 Å². The molecule has 0 amide bonds. The van der Waals surface area contributed by atoms with Crippen LogP contribution in [0.25, 0.3) is 0 Å². The summed E-state index contributed by atoms with van der Waals surface area (Å²) in [6, 6.07) is 0. The van der Waals surface area contributed by atoms with Crippen molar-refractivity contribution in [3.8, 4) is 0 Å². The Morgan fingerprint density at radius 1 is 2.00 bits per heavy atom. The van der Waals surface area contributed by atoms with E-state index < -0.39 is 6.85 Å².